The lowest BCUT2D eigenvalue weighted by atomic mass is 9.97. The van der Waals surface area contributed by atoms with Gasteiger partial charge in [-0.25, -0.2) is 0 Å². The van der Waals surface area contributed by atoms with E-state index in [1.165, 1.54) is 0 Å². The van der Waals surface area contributed by atoms with Gasteiger partial charge in [0.05, 0.1) is 6.54 Å². The van der Waals surface area contributed by atoms with Crippen LogP contribution in [0, 0.1) is 5.41 Å². The Labute approximate surface area is 74.9 Å². The number of likely N-dealkylation sites (N-methyl/N-ethyl adjacent to an activating group) is 1. The first-order valence-electron chi connectivity index (χ1n) is 4.43. The zero-order valence-corrected chi connectivity index (χ0v) is 8.53. The fraction of sp³-hybridized carbons (Fsp3) is 0.889. The van der Waals surface area contributed by atoms with Gasteiger partial charge in [-0.2, -0.15) is 0 Å². The van der Waals surface area contributed by atoms with Crippen molar-refractivity contribution in [3.05, 3.63) is 0 Å². The van der Waals surface area contributed by atoms with Crippen molar-refractivity contribution in [3.63, 3.8) is 0 Å². The maximum Gasteiger partial charge on any atom is 0.233 e. The maximum atomic E-state index is 11.0. The van der Waals surface area contributed by atoms with Gasteiger partial charge in [0.1, 0.15) is 0 Å². The maximum absolute atomic E-state index is 11.0. The zero-order chi connectivity index (χ0) is 9.61. The normalized spacial score (nSPS) is 11.3. The third kappa shape index (κ3) is 7.54. The van der Waals surface area contributed by atoms with Gasteiger partial charge in [0.2, 0.25) is 5.91 Å². The molecule has 0 radical (unpaired) electrons. The summed E-state index contributed by atoms with van der Waals surface area (Å²) >= 11 is 0. The van der Waals surface area contributed by atoms with E-state index in [0.29, 0.717) is 13.1 Å². The molecule has 0 rings (SSSR count). The number of hydrogen-bond acceptors (Lipinski definition) is 2. The van der Waals surface area contributed by atoms with Crippen LogP contribution in [0.1, 0.15) is 27.7 Å². The van der Waals surface area contributed by atoms with E-state index in [1.807, 2.05) is 6.92 Å². The van der Waals surface area contributed by atoms with E-state index in [0.717, 1.165) is 6.54 Å². The number of hydrogen-bond donors (Lipinski definition) is 2. The second-order valence-electron chi connectivity index (χ2n) is 4.12. The van der Waals surface area contributed by atoms with Crippen LogP contribution in [0.25, 0.3) is 0 Å². The zero-order valence-electron chi connectivity index (χ0n) is 8.53. The van der Waals surface area contributed by atoms with E-state index in [-0.39, 0.29) is 11.3 Å². The average Bonchev–Trinajstić information content (AvgIpc) is 1.84. The summed E-state index contributed by atoms with van der Waals surface area (Å²) in [6, 6.07) is 0. The summed E-state index contributed by atoms with van der Waals surface area (Å²) in [5.74, 6) is 0.0711. The van der Waals surface area contributed by atoms with E-state index >= 15 is 0 Å². The lowest BCUT2D eigenvalue weighted by Gasteiger charge is -2.18. The molecule has 0 aromatic heterocycles. The van der Waals surface area contributed by atoms with Gasteiger partial charge in [-0.3, -0.25) is 4.79 Å². The lowest BCUT2D eigenvalue weighted by molar-refractivity contribution is -0.120. The number of carbonyl (C=O) groups is 1. The Kier molecular flexibility index (Phi) is 4.90. The van der Waals surface area contributed by atoms with Crippen molar-refractivity contribution in [1.82, 2.24) is 10.6 Å². The Hall–Kier alpha value is -0.570. The third-order valence-corrected chi connectivity index (χ3v) is 1.31. The van der Waals surface area contributed by atoms with Crippen molar-refractivity contribution < 1.29 is 4.79 Å². The van der Waals surface area contributed by atoms with Gasteiger partial charge in [-0.15, -0.1) is 0 Å². The molecule has 0 heterocycles. The first-order chi connectivity index (χ1) is 5.45. The monoisotopic (exact) mass is 172 g/mol. The van der Waals surface area contributed by atoms with Crippen LogP contribution in [0.4, 0.5) is 0 Å². The summed E-state index contributed by atoms with van der Waals surface area (Å²) in [6.07, 6.45) is 0. The van der Waals surface area contributed by atoms with Gasteiger partial charge in [-0.05, 0) is 12.3 Å². The smallest absolute Gasteiger partial charge is 0.233 e. The van der Waals surface area contributed by atoms with Crippen LogP contribution in [0.15, 0.2) is 0 Å². The largest absolute Gasteiger partial charge is 0.355 e. The fourth-order valence-corrected chi connectivity index (χ4v) is 0.811. The molecule has 0 spiro atoms. The Morgan fingerprint density at radius 2 is 1.92 bits per heavy atom. The van der Waals surface area contributed by atoms with Crippen molar-refractivity contribution in [2.75, 3.05) is 19.6 Å². The molecule has 0 fully saturated rings. The second kappa shape index (κ2) is 5.14. The Morgan fingerprint density at radius 1 is 1.33 bits per heavy atom. The Balaban J connectivity index is 3.37. The highest BCUT2D eigenvalue weighted by Gasteiger charge is 2.09. The minimum atomic E-state index is 0.0711. The summed E-state index contributed by atoms with van der Waals surface area (Å²) in [6.45, 7) is 10.3. The molecule has 0 atom stereocenters. The molecule has 2 N–H and O–H groups in total. The molecule has 0 saturated heterocycles. The average molecular weight is 172 g/mol. The Morgan fingerprint density at radius 3 is 2.33 bits per heavy atom. The molecular formula is C9H20N2O. The molecule has 3 heteroatoms. The van der Waals surface area contributed by atoms with Gasteiger partial charge in [0, 0.05) is 13.1 Å². The summed E-state index contributed by atoms with van der Waals surface area (Å²) < 4.78 is 0. The molecule has 0 aliphatic heterocycles. The van der Waals surface area contributed by atoms with E-state index in [1.54, 1.807) is 0 Å². The van der Waals surface area contributed by atoms with Crippen molar-refractivity contribution in [2.24, 2.45) is 5.41 Å². The lowest BCUT2D eigenvalue weighted by Crippen LogP contribution is -2.37. The van der Waals surface area contributed by atoms with Gasteiger partial charge in [0.25, 0.3) is 0 Å². The van der Waals surface area contributed by atoms with E-state index < -0.39 is 0 Å². The van der Waals surface area contributed by atoms with E-state index in [9.17, 15) is 4.79 Å². The molecule has 0 aromatic rings. The first-order valence-corrected chi connectivity index (χ1v) is 4.43. The molecule has 0 saturated carbocycles. The van der Waals surface area contributed by atoms with Gasteiger partial charge in [0.15, 0.2) is 0 Å². The standard InChI is InChI=1S/C9H20N2O/c1-5-11-8(12)6-10-7-9(2,3)4/h10H,5-7H2,1-4H3,(H,11,12). The first kappa shape index (κ1) is 11.4. The number of carbonyl (C=O) groups excluding carboxylic acids is 1. The third-order valence-electron chi connectivity index (χ3n) is 1.31. The van der Waals surface area contributed by atoms with Crippen LogP contribution >= 0.6 is 0 Å². The van der Waals surface area contributed by atoms with Crippen molar-refractivity contribution in [3.8, 4) is 0 Å². The predicted molar refractivity (Wildman–Crippen MR) is 51.0 cm³/mol. The van der Waals surface area contributed by atoms with Crippen molar-refractivity contribution in [1.29, 1.82) is 0 Å². The highest BCUT2D eigenvalue weighted by atomic mass is 16.1. The quantitative estimate of drug-likeness (QED) is 0.657. The molecule has 1 amide bonds. The molecular weight excluding hydrogens is 152 g/mol. The minimum Gasteiger partial charge on any atom is -0.355 e. The SMILES string of the molecule is CCNC(=O)CNCC(C)(C)C. The number of nitrogens with one attached hydrogen (secondary N) is 2. The number of rotatable bonds is 4. The van der Waals surface area contributed by atoms with Crippen LogP contribution in [0.3, 0.4) is 0 Å². The Bertz CT molecular complexity index is 138. The fourth-order valence-electron chi connectivity index (χ4n) is 0.811. The topological polar surface area (TPSA) is 41.1 Å². The molecule has 12 heavy (non-hydrogen) atoms. The van der Waals surface area contributed by atoms with Crippen molar-refractivity contribution >= 4 is 5.91 Å². The van der Waals surface area contributed by atoms with Crippen LogP contribution in [-0.4, -0.2) is 25.5 Å². The van der Waals surface area contributed by atoms with Crippen LogP contribution in [0.5, 0.6) is 0 Å². The van der Waals surface area contributed by atoms with Gasteiger partial charge >= 0.3 is 0 Å². The van der Waals surface area contributed by atoms with Gasteiger partial charge in [-0.1, -0.05) is 20.8 Å². The van der Waals surface area contributed by atoms with Crippen molar-refractivity contribution in [2.45, 2.75) is 27.7 Å². The minimum absolute atomic E-state index is 0.0711. The molecule has 0 aliphatic rings. The molecule has 72 valence electrons. The van der Waals surface area contributed by atoms with E-state index in [4.69, 9.17) is 0 Å². The molecule has 3 nitrogen and oxygen atoms in total. The summed E-state index contributed by atoms with van der Waals surface area (Å²) in [5, 5.41) is 5.83. The summed E-state index contributed by atoms with van der Waals surface area (Å²) in [4.78, 5) is 11.0. The highest BCUT2D eigenvalue weighted by molar-refractivity contribution is 5.77. The molecule has 0 aliphatic carbocycles. The van der Waals surface area contributed by atoms with Crippen LogP contribution in [-0.2, 0) is 4.79 Å². The molecule has 0 bridgehead atoms. The summed E-state index contributed by atoms with van der Waals surface area (Å²) in [5.41, 5.74) is 0.243. The second-order valence-corrected chi connectivity index (χ2v) is 4.12. The van der Waals surface area contributed by atoms with Gasteiger partial charge < -0.3 is 10.6 Å². The number of amides is 1. The van der Waals surface area contributed by atoms with E-state index in [2.05, 4.69) is 31.4 Å². The summed E-state index contributed by atoms with van der Waals surface area (Å²) in [7, 11) is 0. The predicted octanol–water partition coefficient (Wildman–Crippen LogP) is 0.758. The highest BCUT2D eigenvalue weighted by Crippen LogP contribution is 2.09. The van der Waals surface area contributed by atoms with Crippen LogP contribution < -0.4 is 10.6 Å². The molecule has 0 unspecified atom stereocenters. The van der Waals surface area contributed by atoms with Crippen LogP contribution in [0.2, 0.25) is 0 Å². The molecule has 0 aromatic carbocycles.